The van der Waals surface area contributed by atoms with Gasteiger partial charge in [-0.05, 0) is 44.7 Å². The van der Waals surface area contributed by atoms with Crippen LogP contribution in [0.25, 0.3) is 0 Å². The van der Waals surface area contributed by atoms with Crippen LogP contribution in [0.5, 0.6) is 0 Å². The molecule has 2 heteroatoms. The Bertz CT molecular complexity index is 317. The van der Waals surface area contributed by atoms with Crippen LogP contribution in [-0.2, 0) is 0 Å². The highest BCUT2D eigenvalue weighted by Crippen LogP contribution is 2.30. The molecule has 0 heterocycles. The van der Waals surface area contributed by atoms with Crippen LogP contribution in [0.3, 0.4) is 0 Å². The highest BCUT2D eigenvalue weighted by Gasteiger charge is 2.30. The highest BCUT2D eigenvalue weighted by atomic mass is 15.0. The highest BCUT2D eigenvalue weighted by molar-refractivity contribution is 5.18. The molecular formula is C14H22N2. The van der Waals surface area contributed by atoms with Gasteiger partial charge in [0.05, 0.1) is 0 Å². The molecular weight excluding hydrogens is 196 g/mol. The van der Waals surface area contributed by atoms with Gasteiger partial charge < -0.3 is 11.1 Å². The van der Waals surface area contributed by atoms with Crippen LogP contribution in [0.15, 0.2) is 30.3 Å². The van der Waals surface area contributed by atoms with Crippen molar-refractivity contribution in [3.63, 3.8) is 0 Å². The number of hydrogen-bond donors (Lipinski definition) is 2. The molecule has 1 fully saturated rings. The Balaban J connectivity index is 1.74. The number of hydrogen-bond acceptors (Lipinski definition) is 2. The molecule has 1 unspecified atom stereocenters. The summed E-state index contributed by atoms with van der Waals surface area (Å²) in [5.74, 6) is 0. The largest absolute Gasteiger partial charge is 0.324 e. The van der Waals surface area contributed by atoms with Gasteiger partial charge in [-0.2, -0.15) is 0 Å². The van der Waals surface area contributed by atoms with Gasteiger partial charge >= 0.3 is 0 Å². The van der Waals surface area contributed by atoms with E-state index in [9.17, 15) is 0 Å². The van der Waals surface area contributed by atoms with Crippen molar-refractivity contribution in [2.45, 2.75) is 44.2 Å². The van der Waals surface area contributed by atoms with E-state index in [0.29, 0.717) is 5.54 Å². The Kier molecular flexibility index (Phi) is 3.62. The number of rotatable bonds is 5. The molecule has 88 valence electrons. The molecule has 1 aromatic carbocycles. The minimum Gasteiger partial charge on any atom is -0.324 e. The lowest BCUT2D eigenvalue weighted by molar-refractivity contribution is 0.207. The van der Waals surface area contributed by atoms with Crippen molar-refractivity contribution in [3.8, 4) is 0 Å². The quantitative estimate of drug-likeness (QED) is 0.797. The van der Waals surface area contributed by atoms with Crippen LogP contribution in [0, 0.1) is 0 Å². The predicted molar refractivity (Wildman–Crippen MR) is 68.2 cm³/mol. The summed E-state index contributed by atoms with van der Waals surface area (Å²) in [6.07, 6.45) is 5.01. The molecule has 0 aliphatic heterocycles. The Labute approximate surface area is 98.2 Å². The molecule has 0 saturated heterocycles. The van der Waals surface area contributed by atoms with Crippen molar-refractivity contribution in [1.29, 1.82) is 0 Å². The molecule has 0 aromatic heterocycles. The van der Waals surface area contributed by atoms with Crippen LogP contribution in [0.2, 0.25) is 0 Å². The van der Waals surface area contributed by atoms with Crippen molar-refractivity contribution in [2.75, 3.05) is 6.54 Å². The van der Waals surface area contributed by atoms with Gasteiger partial charge in [-0.15, -0.1) is 0 Å². The maximum atomic E-state index is 6.14. The van der Waals surface area contributed by atoms with Gasteiger partial charge in [-0.25, -0.2) is 0 Å². The lowest BCUT2D eigenvalue weighted by Crippen LogP contribution is -2.48. The lowest BCUT2D eigenvalue weighted by Gasteiger charge is -2.39. The molecule has 0 radical (unpaired) electrons. The average Bonchev–Trinajstić information content (AvgIpc) is 2.28. The molecule has 0 amide bonds. The number of nitrogens with one attached hydrogen (secondary N) is 1. The molecule has 16 heavy (non-hydrogen) atoms. The molecule has 2 nitrogen and oxygen atoms in total. The van der Waals surface area contributed by atoms with Crippen LogP contribution < -0.4 is 11.1 Å². The third kappa shape index (κ3) is 2.83. The zero-order valence-electron chi connectivity index (χ0n) is 10.1. The Morgan fingerprint density at radius 3 is 2.56 bits per heavy atom. The minimum absolute atomic E-state index is 0.164. The van der Waals surface area contributed by atoms with Crippen molar-refractivity contribution in [2.24, 2.45) is 5.73 Å². The van der Waals surface area contributed by atoms with Crippen LogP contribution in [0.4, 0.5) is 0 Å². The SMILES string of the molecule is CC1(NCCC(N)c2ccccc2)CCC1. The maximum Gasteiger partial charge on any atom is 0.0306 e. The minimum atomic E-state index is 0.164. The third-order valence-electron chi connectivity index (χ3n) is 3.69. The fraction of sp³-hybridized carbons (Fsp3) is 0.571. The zero-order chi connectivity index (χ0) is 11.4. The smallest absolute Gasteiger partial charge is 0.0306 e. The van der Waals surface area contributed by atoms with E-state index in [1.165, 1.54) is 24.8 Å². The monoisotopic (exact) mass is 218 g/mol. The standard InChI is InChI=1S/C14H22N2/c1-14(9-5-10-14)16-11-8-13(15)12-6-3-2-4-7-12/h2-4,6-7,13,16H,5,8-11,15H2,1H3. The van der Waals surface area contributed by atoms with Crippen molar-refractivity contribution < 1.29 is 0 Å². The molecule has 0 spiro atoms. The fourth-order valence-corrected chi connectivity index (χ4v) is 2.28. The van der Waals surface area contributed by atoms with E-state index in [4.69, 9.17) is 5.73 Å². The lowest BCUT2D eigenvalue weighted by atomic mass is 9.78. The normalized spacial score (nSPS) is 20.1. The van der Waals surface area contributed by atoms with Crippen LogP contribution in [0.1, 0.15) is 44.2 Å². The Morgan fingerprint density at radius 1 is 1.31 bits per heavy atom. The van der Waals surface area contributed by atoms with Gasteiger partial charge in [-0.1, -0.05) is 30.3 Å². The second kappa shape index (κ2) is 4.98. The number of nitrogens with two attached hydrogens (primary N) is 1. The summed E-state index contributed by atoms with van der Waals surface area (Å²) < 4.78 is 0. The third-order valence-corrected chi connectivity index (χ3v) is 3.69. The molecule has 1 aliphatic carbocycles. The first-order chi connectivity index (χ1) is 7.70. The second-order valence-electron chi connectivity index (χ2n) is 5.15. The molecule has 2 rings (SSSR count). The summed E-state index contributed by atoms with van der Waals surface area (Å²) in [4.78, 5) is 0. The van der Waals surface area contributed by atoms with Gasteiger partial charge in [-0.3, -0.25) is 0 Å². The van der Waals surface area contributed by atoms with E-state index in [2.05, 4.69) is 36.5 Å². The summed E-state index contributed by atoms with van der Waals surface area (Å²) >= 11 is 0. The first-order valence-electron chi connectivity index (χ1n) is 6.25. The van der Waals surface area contributed by atoms with Gasteiger partial charge in [0.1, 0.15) is 0 Å². The fourth-order valence-electron chi connectivity index (χ4n) is 2.28. The Morgan fingerprint density at radius 2 is 2.00 bits per heavy atom. The molecule has 3 N–H and O–H groups in total. The summed E-state index contributed by atoms with van der Waals surface area (Å²) in [7, 11) is 0. The van der Waals surface area contributed by atoms with Gasteiger partial charge in [0.25, 0.3) is 0 Å². The van der Waals surface area contributed by atoms with E-state index >= 15 is 0 Å². The summed E-state index contributed by atoms with van der Waals surface area (Å²) in [6, 6.07) is 10.5. The van der Waals surface area contributed by atoms with Crippen LogP contribution in [-0.4, -0.2) is 12.1 Å². The van der Waals surface area contributed by atoms with E-state index in [-0.39, 0.29) is 6.04 Å². The summed E-state index contributed by atoms with van der Waals surface area (Å²) in [6.45, 7) is 3.33. The van der Waals surface area contributed by atoms with Crippen LogP contribution >= 0.6 is 0 Å². The number of benzene rings is 1. The van der Waals surface area contributed by atoms with Crippen molar-refractivity contribution in [3.05, 3.63) is 35.9 Å². The predicted octanol–water partition coefficient (Wildman–Crippen LogP) is 2.61. The summed E-state index contributed by atoms with van der Waals surface area (Å²) in [5.41, 5.74) is 7.78. The molecule has 1 saturated carbocycles. The van der Waals surface area contributed by atoms with E-state index in [0.717, 1.165) is 13.0 Å². The van der Waals surface area contributed by atoms with Crippen molar-refractivity contribution >= 4 is 0 Å². The van der Waals surface area contributed by atoms with Gasteiger partial charge in [0.15, 0.2) is 0 Å². The first-order valence-corrected chi connectivity index (χ1v) is 6.25. The van der Waals surface area contributed by atoms with E-state index < -0.39 is 0 Å². The molecule has 1 aromatic rings. The molecule has 1 atom stereocenters. The van der Waals surface area contributed by atoms with Crippen molar-refractivity contribution in [1.82, 2.24) is 5.32 Å². The first kappa shape index (κ1) is 11.6. The second-order valence-corrected chi connectivity index (χ2v) is 5.15. The Hall–Kier alpha value is -0.860. The molecule has 1 aliphatic rings. The van der Waals surface area contributed by atoms with Gasteiger partial charge in [0, 0.05) is 11.6 Å². The van der Waals surface area contributed by atoms with Gasteiger partial charge in [0.2, 0.25) is 0 Å². The summed E-state index contributed by atoms with van der Waals surface area (Å²) in [5, 5.41) is 3.62. The average molecular weight is 218 g/mol. The maximum absolute atomic E-state index is 6.14. The molecule has 0 bridgehead atoms. The van der Waals surface area contributed by atoms with E-state index in [1.807, 2.05) is 6.07 Å². The topological polar surface area (TPSA) is 38.0 Å². The van der Waals surface area contributed by atoms with E-state index in [1.54, 1.807) is 0 Å². The zero-order valence-corrected chi connectivity index (χ0v) is 10.1.